The van der Waals surface area contributed by atoms with Gasteiger partial charge in [-0.05, 0) is 48.5 Å². The second-order valence-corrected chi connectivity index (χ2v) is 7.80. The number of ether oxygens (including phenoxy) is 2. The third-order valence-corrected chi connectivity index (χ3v) is 5.25. The lowest BCUT2D eigenvalue weighted by Crippen LogP contribution is -2.51. The molecule has 0 bridgehead atoms. The zero-order valence-corrected chi connectivity index (χ0v) is 17.9. The van der Waals surface area contributed by atoms with Gasteiger partial charge in [-0.1, -0.05) is 0 Å². The molecule has 2 aromatic carbocycles. The van der Waals surface area contributed by atoms with Crippen LogP contribution in [-0.4, -0.2) is 84.7 Å². The van der Waals surface area contributed by atoms with Crippen LogP contribution in [0.5, 0.6) is 11.5 Å². The van der Waals surface area contributed by atoms with Crippen LogP contribution < -0.4 is 9.47 Å². The largest absolute Gasteiger partial charge is 0.491 e. The van der Waals surface area contributed by atoms with Crippen LogP contribution in [0.4, 0.5) is 0 Å². The minimum atomic E-state index is -0.608. The quantitative estimate of drug-likeness (QED) is 0.572. The number of hydrogen-bond acceptors (Lipinski definition) is 8. The SMILES string of the molecule is N#Cc1ccc(OC[C@@H](O)CN2CCN(C[C@@H](O)COc3ccc(C#N)cc3)CC2)cc1. The van der Waals surface area contributed by atoms with Crippen molar-refractivity contribution in [1.29, 1.82) is 10.5 Å². The van der Waals surface area contributed by atoms with Crippen LogP contribution in [0, 0.1) is 22.7 Å². The molecule has 2 atom stereocenters. The Morgan fingerprint density at radius 2 is 1.03 bits per heavy atom. The Kier molecular flexibility index (Phi) is 8.85. The lowest BCUT2D eigenvalue weighted by Gasteiger charge is -2.36. The predicted molar refractivity (Wildman–Crippen MR) is 118 cm³/mol. The molecule has 2 N–H and O–H groups in total. The fourth-order valence-corrected chi connectivity index (χ4v) is 3.49. The molecule has 0 spiro atoms. The molecule has 0 amide bonds. The number of hydrogen-bond donors (Lipinski definition) is 2. The molecular weight excluding hydrogens is 408 g/mol. The highest BCUT2D eigenvalue weighted by molar-refractivity contribution is 5.35. The number of β-amino-alcohol motifs (C(OH)–C–C–N with tert-alkyl or cyclic N) is 2. The molecule has 0 aliphatic carbocycles. The molecule has 1 aliphatic heterocycles. The number of aliphatic hydroxyl groups excluding tert-OH is 2. The fraction of sp³-hybridized carbons (Fsp3) is 0.417. The molecule has 3 rings (SSSR count). The highest BCUT2D eigenvalue weighted by Crippen LogP contribution is 2.13. The molecule has 1 saturated heterocycles. The summed E-state index contributed by atoms with van der Waals surface area (Å²) in [5.41, 5.74) is 1.14. The van der Waals surface area contributed by atoms with E-state index in [-0.39, 0.29) is 13.2 Å². The van der Waals surface area contributed by atoms with Crippen LogP contribution >= 0.6 is 0 Å². The highest BCUT2D eigenvalue weighted by Gasteiger charge is 2.21. The van der Waals surface area contributed by atoms with E-state index in [2.05, 4.69) is 21.9 Å². The van der Waals surface area contributed by atoms with Gasteiger partial charge in [0.05, 0.1) is 23.3 Å². The summed E-state index contributed by atoms with van der Waals surface area (Å²) in [7, 11) is 0. The lowest BCUT2D eigenvalue weighted by molar-refractivity contribution is 0.0240. The summed E-state index contributed by atoms with van der Waals surface area (Å²) in [5, 5.41) is 38.2. The van der Waals surface area contributed by atoms with E-state index in [4.69, 9.17) is 20.0 Å². The smallest absolute Gasteiger partial charge is 0.119 e. The van der Waals surface area contributed by atoms with Gasteiger partial charge in [-0.2, -0.15) is 10.5 Å². The van der Waals surface area contributed by atoms with E-state index in [1.807, 2.05) is 0 Å². The van der Waals surface area contributed by atoms with E-state index in [9.17, 15) is 10.2 Å². The Bertz CT molecular complexity index is 836. The molecule has 2 aromatic rings. The predicted octanol–water partition coefficient (Wildman–Crippen LogP) is 1.23. The summed E-state index contributed by atoms with van der Waals surface area (Å²) in [6.45, 7) is 4.64. The van der Waals surface area contributed by atoms with E-state index in [1.54, 1.807) is 48.5 Å². The van der Waals surface area contributed by atoms with Gasteiger partial charge in [0.15, 0.2) is 0 Å². The van der Waals surface area contributed by atoms with Crippen molar-refractivity contribution in [3.63, 3.8) is 0 Å². The Morgan fingerprint density at radius 1 is 0.688 bits per heavy atom. The Labute approximate surface area is 188 Å². The lowest BCUT2D eigenvalue weighted by atomic mass is 10.2. The third kappa shape index (κ3) is 7.52. The maximum absolute atomic E-state index is 10.3. The summed E-state index contributed by atoms with van der Waals surface area (Å²) < 4.78 is 11.2. The molecule has 1 aliphatic rings. The van der Waals surface area contributed by atoms with Crippen molar-refractivity contribution in [3.05, 3.63) is 59.7 Å². The van der Waals surface area contributed by atoms with Gasteiger partial charge in [-0.15, -0.1) is 0 Å². The Morgan fingerprint density at radius 3 is 1.34 bits per heavy atom. The van der Waals surface area contributed by atoms with Gasteiger partial charge in [-0.25, -0.2) is 0 Å². The monoisotopic (exact) mass is 436 g/mol. The van der Waals surface area contributed by atoms with Gasteiger partial charge in [0, 0.05) is 39.3 Å². The topological polar surface area (TPSA) is 113 Å². The maximum Gasteiger partial charge on any atom is 0.119 e. The molecule has 168 valence electrons. The van der Waals surface area contributed by atoms with Crippen molar-refractivity contribution in [1.82, 2.24) is 9.80 Å². The van der Waals surface area contributed by atoms with Gasteiger partial charge in [0.25, 0.3) is 0 Å². The summed E-state index contributed by atoms with van der Waals surface area (Å²) in [6, 6.07) is 17.7. The molecule has 0 unspecified atom stereocenters. The van der Waals surface area contributed by atoms with E-state index in [0.717, 1.165) is 26.2 Å². The van der Waals surface area contributed by atoms with Gasteiger partial charge in [-0.3, -0.25) is 9.80 Å². The van der Waals surface area contributed by atoms with E-state index < -0.39 is 12.2 Å². The highest BCUT2D eigenvalue weighted by atomic mass is 16.5. The Hall–Kier alpha value is -3.14. The molecule has 8 heteroatoms. The molecule has 0 aromatic heterocycles. The first-order valence-corrected chi connectivity index (χ1v) is 10.6. The molecule has 0 radical (unpaired) electrons. The molecular formula is C24H28N4O4. The van der Waals surface area contributed by atoms with Gasteiger partial charge in [0.2, 0.25) is 0 Å². The van der Waals surface area contributed by atoms with E-state index >= 15 is 0 Å². The van der Waals surface area contributed by atoms with E-state index in [1.165, 1.54) is 0 Å². The van der Waals surface area contributed by atoms with Gasteiger partial charge >= 0.3 is 0 Å². The van der Waals surface area contributed by atoms with Crippen LogP contribution in [-0.2, 0) is 0 Å². The van der Waals surface area contributed by atoms with Crippen LogP contribution in [0.2, 0.25) is 0 Å². The van der Waals surface area contributed by atoms with Crippen molar-refractivity contribution < 1.29 is 19.7 Å². The molecule has 1 fully saturated rings. The second-order valence-electron chi connectivity index (χ2n) is 7.80. The fourth-order valence-electron chi connectivity index (χ4n) is 3.49. The van der Waals surface area contributed by atoms with Crippen LogP contribution in [0.1, 0.15) is 11.1 Å². The maximum atomic E-state index is 10.3. The minimum Gasteiger partial charge on any atom is -0.491 e. The average molecular weight is 437 g/mol. The van der Waals surface area contributed by atoms with Crippen molar-refractivity contribution in [3.8, 4) is 23.6 Å². The summed E-state index contributed by atoms with van der Waals surface area (Å²) in [5.74, 6) is 1.26. The normalized spacial score (nSPS) is 16.5. The zero-order chi connectivity index (χ0) is 22.8. The summed E-state index contributed by atoms with van der Waals surface area (Å²) >= 11 is 0. The molecule has 1 heterocycles. The first-order chi connectivity index (χ1) is 15.6. The van der Waals surface area contributed by atoms with Crippen LogP contribution in [0.15, 0.2) is 48.5 Å². The van der Waals surface area contributed by atoms with Gasteiger partial charge < -0.3 is 19.7 Å². The van der Waals surface area contributed by atoms with E-state index in [0.29, 0.717) is 35.7 Å². The van der Waals surface area contributed by atoms with Crippen molar-refractivity contribution in [2.24, 2.45) is 0 Å². The van der Waals surface area contributed by atoms with Crippen molar-refractivity contribution in [2.75, 3.05) is 52.5 Å². The number of nitriles is 2. The minimum absolute atomic E-state index is 0.192. The second kappa shape index (κ2) is 12.0. The molecule has 0 saturated carbocycles. The first kappa shape index (κ1) is 23.5. The van der Waals surface area contributed by atoms with Gasteiger partial charge in [0.1, 0.15) is 36.9 Å². The standard InChI is InChI=1S/C24H28N4O4/c25-13-19-1-5-23(6-2-19)31-17-21(29)15-27-9-11-28(12-10-27)16-22(30)18-32-24-7-3-20(14-26)4-8-24/h1-8,21-22,29-30H,9-12,15-18H2/t21-,22+. The van der Waals surface area contributed by atoms with Crippen molar-refractivity contribution in [2.45, 2.75) is 12.2 Å². The third-order valence-electron chi connectivity index (χ3n) is 5.25. The molecule has 32 heavy (non-hydrogen) atoms. The molecule has 8 nitrogen and oxygen atoms in total. The average Bonchev–Trinajstić information content (AvgIpc) is 2.83. The number of aliphatic hydroxyl groups is 2. The van der Waals surface area contributed by atoms with Crippen LogP contribution in [0.25, 0.3) is 0 Å². The van der Waals surface area contributed by atoms with Crippen molar-refractivity contribution >= 4 is 0 Å². The summed E-state index contributed by atoms with van der Waals surface area (Å²) in [4.78, 5) is 4.37. The zero-order valence-electron chi connectivity index (χ0n) is 17.9. The first-order valence-electron chi connectivity index (χ1n) is 10.6. The number of benzene rings is 2. The van der Waals surface area contributed by atoms with Crippen LogP contribution in [0.3, 0.4) is 0 Å². The number of nitrogens with zero attached hydrogens (tertiary/aromatic N) is 4. The number of rotatable bonds is 10. The Balaban J connectivity index is 1.30. The number of piperazine rings is 1. The summed E-state index contributed by atoms with van der Waals surface area (Å²) in [6.07, 6.45) is -1.22.